The van der Waals surface area contributed by atoms with Crippen LogP contribution in [-0.2, 0) is 4.79 Å². The summed E-state index contributed by atoms with van der Waals surface area (Å²) in [4.78, 5) is 12.0. The molecule has 0 heterocycles. The normalized spacial score (nSPS) is 16.9. The van der Waals surface area contributed by atoms with Crippen molar-refractivity contribution in [3.8, 4) is 0 Å². The van der Waals surface area contributed by atoms with Gasteiger partial charge in [0, 0.05) is 12.1 Å². The molecule has 0 spiro atoms. The number of nitrogens with one attached hydrogen (secondary N) is 1. The standard InChI is InChI=1S/C15H21ClN2O/c16-13-8-7-12(10-14(13)17)18-15(19)9-11-5-3-1-2-4-6-11/h7-8,10-11H,1-6,9,17H2,(H,18,19). The number of halogens is 1. The first-order valence-electron chi connectivity index (χ1n) is 7.00. The van der Waals surface area contributed by atoms with Gasteiger partial charge >= 0.3 is 0 Å². The predicted molar refractivity (Wildman–Crippen MR) is 80.3 cm³/mol. The summed E-state index contributed by atoms with van der Waals surface area (Å²) in [6.07, 6.45) is 8.10. The fourth-order valence-electron chi connectivity index (χ4n) is 2.66. The Morgan fingerprint density at radius 3 is 2.58 bits per heavy atom. The third kappa shape index (κ3) is 4.43. The molecule has 0 radical (unpaired) electrons. The van der Waals surface area contributed by atoms with Gasteiger partial charge in [-0.3, -0.25) is 4.79 Å². The van der Waals surface area contributed by atoms with Gasteiger partial charge < -0.3 is 11.1 Å². The van der Waals surface area contributed by atoms with Crippen LogP contribution in [0.2, 0.25) is 5.02 Å². The van der Waals surface area contributed by atoms with E-state index in [1.54, 1.807) is 18.2 Å². The highest BCUT2D eigenvalue weighted by atomic mass is 35.5. The van der Waals surface area contributed by atoms with Crippen molar-refractivity contribution in [1.29, 1.82) is 0 Å². The summed E-state index contributed by atoms with van der Waals surface area (Å²) >= 11 is 5.85. The lowest BCUT2D eigenvalue weighted by Gasteiger charge is -2.14. The molecule has 0 saturated heterocycles. The van der Waals surface area contributed by atoms with Crippen molar-refractivity contribution in [3.05, 3.63) is 23.2 Å². The molecule has 1 amide bonds. The lowest BCUT2D eigenvalue weighted by molar-refractivity contribution is -0.117. The van der Waals surface area contributed by atoms with E-state index in [9.17, 15) is 4.79 Å². The topological polar surface area (TPSA) is 55.1 Å². The molecule has 1 aromatic carbocycles. The van der Waals surface area contributed by atoms with E-state index < -0.39 is 0 Å². The average molecular weight is 281 g/mol. The minimum absolute atomic E-state index is 0.0774. The Morgan fingerprint density at radius 2 is 1.95 bits per heavy atom. The van der Waals surface area contributed by atoms with Crippen LogP contribution in [0.15, 0.2) is 18.2 Å². The number of anilines is 2. The van der Waals surface area contributed by atoms with E-state index in [-0.39, 0.29) is 5.91 Å². The Kier molecular flexibility index (Phi) is 5.08. The average Bonchev–Trinajstić information content (AvgIpc) is 2.62. The SMILES string of the molecule is Nc1cc(NC(=O)CC2CCCCCC2)ccc1Cl. The number of nitrogen functional groups attached to an aromatic ring is 1. The third-order valence-corrected chi connectivity index (χ3v) is 4.07. The number of benzene rings is 1. The zero-order valence-corrected chi connectivity index (χ0v) is 11.9. The number of carbonyl (C=O) groups excluding carboxylic acids is 1. The molecule has 1 fully saturated rings. The maximum atomic E-state index is 12.0. The Labute approximate surface area is 119 Å². The molecule has 104 valence electrons. The summed E-state index contributed by atoms with van der Waals surface area (Å²) in [5.74, 6) is 0.612. The molecule has 1 aliphatic carbocycles. The van der Waals surface area contributed by atoms with Gasteiger partial charge in [-0.2, -0.15) is 0 Å². The van der Waals surface area contributed by atoms with E-state index in [4.69, 9.17) is 17.3 Å². The van der Waals surface area contributed by atoms with Crippen molar-refractivity contribution in [2.75, 3.05) is 11.1 Å². The summed E-state index contributed by atoms with van der Waals surface area (Å²) in [7, 11) is 0. The van der Waals surface area contributed by atoms with Crippen LogP contribution < -0.4 is 11.1 Å². The van der Waals surface area contributed by atoms with Crippen molar-refractivity contribution >= 4 is 28.9 Å². The zero-order valence-electron chi connectivity index (χ0n) is 11.1. The predicted octanol–water partition coefficient (Wildman–Crippen LogP) is 4.22. The highest BCUT2D eigenvalue weighted by Crippen LogP contribution is 2.26. The van der Waals surface area contributed by atoms with E-state index >= 15 is 0 Å². The van der Waals surface area contributed by atoms with E-state index in [0.29, 0.717) is 23.0 Å². The van der Waals surface area contributed by atoms with Crippen LogP contribution in [0, 0.1) is 5.92 Å². The molecule has 0 aromatic heterocycles. The molecule has 1 aliphatic rings. The Balaban J connectivity index is 1.87. The van der Waals surface area contributed by atoms with Gasteiger partial charge in [0.1, 0.15) is 0 Å². The van der Waals surface area contributed by atoms with E-state index in [1.165, 1.54) is 38.5 Å². The number of nitrogens with two attached hydrogens (primary N) is 1. The van der Waals surface area contributed by atoms with Gasteiger partial charge in [0.15, 0.2) is 0 Å². The number of hydrogen-bond acceptors (Lipinski definition) is 2. The fraction of sp³-hybridized carbons (Fsp3) is 0.533. The third-order valence-electron chi connectivity index (χ3n) is 3.73. The van der Waals surface area contributed by atoms with Crippen LogP contribution in [-0.4, -0.2) is 5.91 Å². The highest BCUT2D eigenvalue weighted by Gasteiger charge is 2.16. The second-order valence-electron chi connectivity index (χ2n) is 5.35. The van der Waals surface area contributed by atoms with E-state index in [2.05, 4.69) is 5.32 Å². The summed E-state index contributed by atoms with van der Waals surface area (Å²) < 4.78 is 0. The van der Waals surface area contributed by atoms with Crippen molar-refractivity contribution < 1.29 is 4.79 Å². The zero-order chi connectivity index (χ0) is 13.7. The van der Waals surface area contributed by atoms with Crippen molar-refractivity contribution in [3.63, 3.8) is 0 Å². The summed E-state index contributed by atoms with van der Waals surface area (Å²) in [5, 5.41) is 3.42. The monoisotopic (exact) mass is 280 g/mol. The summed E-state index contributed by atoms with van der Waals surface area (Å²) in [6.45, 7) is 0. The smallest absolute Gasteiger partial charge is 0.224 e. The van der Waals surface area contributed by atoms with Gasteiger partial charge in [-0.05, 0) is 37.0 Å². The maximum Gasteiger partial charge on any atom is 0.224 e. The first-order chi connectivity index (χ1) is 9.15. The first kappa shape index (κ1) is 14.2. The second kappa shape index (κ2) is 6.80. The van der Waals surface area contributed by atoms with Gasteiger partial charge in [0.05, 0.1) is 10.7 Å². The van der Waals surface area contributed by atoms with Crippen LogP contribution in [0.25, 0.3) is 0 Å². The molecular formula is C15H21ClN2O. The van der Waals surface area contributed by atoms with Crippen LogP contribution in [0.4, 0.5) is 11.4 Å². The molecular weight excluding hydrogens is 260 g/mol. The minimum atomic E-state index is 0.0774. The Bertz CT molecular complexity index is 440. The molecule has 0 atom stereocenters. The Hall–Kier alpha value is -1.22. The first-order valence-corrected chi connectivity index (χ1v) is 7.38. The lowest BCUT2D eigenvalue weighted by Crippen LogP contribution is -2.16. The molecule has 0 unspecified atom stereocenters. The van der Waals surface area contributed by atoms with Gasteiger partial charge in [0.2, 0.25) is 5.91 Å². The lowest BCUT2D eigenvalue weighted by atomic mass is 9.96. The van der Waals surface area contributed by atoms with Crippen LogP contribution in [0.5, 0.6) is 0 Å². The van der Waals surface area contributed by atoms with Crippen molar-refractivity contribution in [2.45, 2.75) is 44.9 Å². The summed E-state index contributed by atoms with van der Waals surface area (Å²) in [5.41, 5.74) is 6.94. The van der Waals surface area contributed by atoms with Gasteiger partial charge in [-0.25, -0.2) is 0 Å². The molecule has 4 heteroatoms. The molecule has 1 aromatic rings. The molecule has 3 nitrogen and oxygen atoms in total. The van der Waals surface area contributed by atoms with Gasteiger partial charge in [-0.15, -0.1) is 0 Å². The Morgan fingerprint density at radius 1 is 1.26 bits per heavy atom. The maximum absolute atomic E-state index is 12.0. The molecule has 3 N–H and O–H groups in total. The molecule has 19 heavy (non-hydrogen) atoms. The second-order valence-corrected chi connectivity index (χ2v) is 5.75. The quantitative estimate of drug-likeness (QED) is 0.643. The van der Waals surface area contributed by atoms with Gasteiger partial charge in [0.25, 0.3) is 0 Å². The van der Waals surface area contributed by atoms with Crippen molar-refractivity contribution in [1.82, 2.24) is 0 Å². The van der Waals surface area contributed by atoms with Crippen LogP contribution in [0.3, 0.4) is 0 Å². The number of rotatable bonds is 3. The molecule has 2 rings (SSSR count). The highest BCUT2D eigenvalue weighted by molar-refractivity contribution is 6.33. The molecule has 0 aliphatic heterocycles. The minimum Gasteiger partial charge on any atom is -0.397 e. The largest absolute Gasteiger partial charge is 0.397 e. The molecule has 1 saturated carbocycles. The number of hydrogen-bond donors (Lipinski definition) is 2. The van der Waals surface area contributed by atoms with Gasteiger partial charge in [-0.1, -0.05) is 37.3 Å². The number of amides is 1. The van der Waals surface area contributed by atoms with Crippen molar-refractivity contribution in [2.24, 2.45) is 5.92 Å². The number of carbonyl (C=O) groups is 1. The van der Waals surface area contributed by atoms with Crippen LogP contribution >= 0.6 is 11.6 Å². The van der Waals surface area contributed by atoms with E-state index in [0.717, 1.165) is 5.69 Å². The molecule has 0 bridgehead atoms. The van der Waals surface area contributed by atoms with E-state index in [1.807, 2.05) is 0 Å². The summed E-state index contributed by atoms with van der Waals surface area (Å²) in [6, 6.07) is 5.19. The fourth-order valence-corrected chi connectivity index (χ4v) is 2.78. The van der Waals surface area contributed by atoms with Crippen LogP contribution in [0.1, 0.15) is 44.9 Å².